The Morgan fingerprint density at radius 1 is 1.28 bits per heavy atom. The van der Waals surface area contributed by atoms with Gasteiger partial charge in [-0.15, -0.1) is 0 Å². The molecule has 3 rings (SSSR count). The van der Waals surface area contributed by atoms with E-state index in [0.717, 1.165) is 12.1 Å². The van der Waals surface area contributed by atoms with E-state index in [1.54, 1.807) is 6.92 Å². The van der Waals surface area contributed by atoms with Crippen LogP contribution in [0.15, 0.2) is 35.0 Å². The topological polar surface area (TPSA) is 66.7 Å². The zero-order chi connectivity index (χ0) is 12.4. The zero-order valence-electron chi connectivity index (χ0n) is 10.1. The van der Waals surface area contributed by atoms with Crippen LogP contribution in [0, 0.1) is 6.92 Å². The second-order valence-electron chi connectivity index (χ2n) is 4.23. The van der Waals surface area contributed by atoms with Gasteiger partial charge in [0, 0.05) is 25.2 Å². The van der Waals surface area contributed by atoms with Crippen molar-refractivity contribution >= 4 is 10.9 Å². The highest BCUT2D eigenvalue weighted by Gasteiger charge is 2.02. The second kappa shape index (κ2) is 4.62. The normalized spacial score (nSPS) is 11.2. The molecule has 3 aromatic rings. The number of aryl methyl sites for hydroxylation is 1. The zero-order valence-corrected chi connectivity index (χ0v) is 10.1. The molecule has 0 amide bonds. The number of benzene rings is 1. The Hall–Kier alpha value is -2.14. The van der Waals surface area contributed by atoms with Gasteiger partial charge in [0.2, 0.25) is 5.89 Å². The van der Waals surface area contributed by atoms with Gasteiger partial charge in [0.25, 0.3) is 0 Å². The second-order valence-corrected chi connectivity index (χ2v) is 4.23. The highest BCUT2D eigenvalue weighted by molar-refractivity contribution is 5.79. The molecule has 0 fully saturated rings. The van der Waals surface area contributed by atoms with Crippen molar-refractivity contribution in [2.24, 2.45) is 0 Å². The summed E-state index contributed by atoms with van der Waals surface area (Å²) in [6, 6.07) is 8.43. The first-order chi connectivity index (χ1) is 8.81. The average molecular weight is 242 g/mol. The molecule has 0 aliphatic carbocycles. The Morgan fingerprint density at radius 2 is 2.22 bits per heavy atom. The van der Waals surface area contributed by atoms with Crippen molar-refractivity contribution in [3.63, 3.8) is 0 Å². The fourth-order valence-electron chi connectivity index (χ4n) is 1.94. The van der Waals surface area contributed by atoms with E-state index in [9.17, 15) is 0 Å². The maximum Gasteiger partial charge on any atom is 0.223 e. The predicted molar refractivity (Wildman–Crippen MR) is 67.9 cm³/mol. The third-order valence-corrected chi connectivity index (χ3v) is 2.80. The lowest BCUT2D eigenvalue weighted by Crippen LogP contribution is -2.13. The van der Waals surface area contributed by atoms with E-state index >= 15 is 0 Å². The lowest BCUT2D eigenvalue weighted by Gasteiger charge is -2.02. The van der Waals surface area contributed by atoms with Crippen molar-refractivity contribution < 1.29 is 4.52 Å². The molecule has 0 atom stereocenters. The molecule has 0 aliphatic heterocycles. The summed E-state index contributed by atoms with van der Waals surface area (Å²) in [5.41, 5.74) is 2.40. The van der Waals surface area contributed by atoms with Crippen molar-refractivity contribution in [1.82, 2.24) is 20.4 Å². The van der Waals surface area contributed by atoms with Crippen LogP contribution in [0.3, 0.4) is 0 Å². The van der Waals surface area contributed by atoms with Crippen molar-refractivity contribution in [1.29, 1.82) is 0 Å². The van der Waals surface area contributed by atoms with E-state index in [0.29, 0.717) is 18.3 Å². The van der Waals surface area contributed by atoms with E-state index in [2.05, 4.69) is 44.7 Å². The smallest absolute Gasteiger partial charge is 0.223 e. The average Bonchev–Trinajstić information content (AvgIpc) is 2.97. The van der Waals surface area contributed by atoms with Crippen LogP contribution < -0.4 is 5.32 Å². The van der Waals surface area contributed by atoms with Crippen LogP contribution >= 0.6 is 0 Å². The predicted octanol–water partition coefficient (Wildman–Crippen LogP) is 2.15. The van der Waals surface area contributed by atoms with Gasteiger partial charge in [0.05, 0.1) is 6.54 Å². The Kier molecular flexibility index (Phi) is 2.82. The molecular formula is C13H14N4O. The van der Waals surface area contributed by atoms with Gasteiger partial charge in [-0.3, -0.25) is 0 Å². The van der Waals surface area contributed by atoms with E-state index < -0.39 is 0 Å². The van der Waals surface area contributed by atoms with E-state index in [4.69, 9.17) is 4.52 Å². The summed E-state index contributed by atoms with van der Waals surface area (Å²) in [7, 11) is 0. The Labute approximate surface area is 104 Å². The Balaban J connectivity index is 1.62. The largest absolute Gasteiger partial charge is 0.361 e. The molecule has 2 aromatic heterocycles. The minimum Gasteiger partial charge on any atom is -0.361 e. The quantitative estimate of drug-likeness (QED) is 0.735. The van der Waals surface area contributed by atoms with Crippen LogP contribution in [0.5, 0.6) is 0 Å². The standard InChI is InChI=1S/C13H14N4O/c1-9-16-13(17-18-9)8-14-7-10-2-3-12-11(6-10)4-5-15-12/h2-6,14-15H,7-8H2,1H3. The van der Waals surface area contributed by atoms with Crippen molar-refractivity contribution in [3.05, 3.63) is 47.7 Å². The molecule has 18 heavy (non-hydrogen) atoms. The van der Waals surface area contributed by atoms with Crippen LogP contribution in [-0.4, -0.2) is 15.1 Å². The number of aromatic nitrogens is 3. The maximum absolute atomic E-state index is 4.91. The minimum atomic E-state index is 0.598. The first-order valence-electron chi connectivity index (χ1n) is 5.87. The number of rotatable bonds is 4. The molecule has 0 spiro atoms. The summed E-state index contributed by atoms with van der Waals surface area (Å²) < 4.78 is 4.91. The molecule has 0 aliphatic rings. The molecule has 5 nitrogen and oxygen atoms in total. The van der Waals surface area contributed by atoms with Gasteiger partial charge in [-0.2, -0.15) is 4.98 Å². The van der Waals surface area contributed by atoms with Gasteiger partial charge in [0.1, 0.15) is 0 Å². The van der Waals surface area contributed by atoms with Crippen LogP contribution in [0.4, 0.5) is 0 Å². The molecule has 0 radical (unpaired) electrons. The van der Waals surface area contributed by atoms with Crippen LogP contribution in [0.25, 0.3) is 10.9 Å². The number of aromatic amines is 1. The molecule has 92 valence electrons. The fraction of sp³-hybridized carbons (Fsp3) is 0.231. The van der Waals surface area contributed by atoms with Crippen molar-refractivity contribution in [2.45, 2.75) is 20.0 Å². The summed E-state index contributed by atoms with van der Waals surface area (Å²) in [6.45, 7) is 3.19. The van der Waals surface area contributed by atoms with Crippen LogP contribution in [0.2, 0.25) is 0 Å². The fourth-order valence-corrected chi connectivity index (χ4v) is 1.94. The summed E-state index contributed by atoms with van der Waals surface area (Å²) >= 11 is 0. The van der Waals surface area contributed by atoms with Crippen LogP contribution in [-0.2, 0) is 13.1 Å². The molecule has 0 unspecified atom stereocenters. The molecule has 0 saturated heterocycles. The number of hydrogen-bond acceptors (Lipinski definition) is 4. The summed E-state index contributed by atoms with van der Waals surface area (Å²) in [6.07, 6.45) is 1.95. The molecule has 0 saturated carbocycles. The summed E-state index contributed by atoms with van der Waals surface area (Å²) in [4.78, 5) is 7.32. The molecule has 2 heterocycles. The molecular weight excluding hydrogens is 228 g/mol. The number of H-pyrrole nitrogens is 1. The van der Waals surface area contributed by atoms with Gasteiger partial charge in [-0.05, 0) is 29.1 Å². The lowest BCUT2D eigenvalue weighted by atomic mass is 10.1. The van der Waals surface area contributed by atoms with E-state index in [-0.39, 0.29) is 0 Å². The highest BCUT2D eigenvalue weighted by atomic mass is 16.5. The van der Waals surface area contributed by atoms with E-state index in [1.807, 2.05) is 6.20 Å². The SMILES string of the molecule is Cc1nc(CNCc2ccc3[nH]ccc3c2)no1. The minimum absolute atomic E-state index is 0.598. The van der Waals surface area contributed by atoms with Gasteiger partial charge in [0.15, 0.2) is 5.82 Å². The lowest BCUT2D eigenvalue weighted by molar-refractivity contribution is 0.385. The van der Waals surface area contributed by atoms with Gasteiger partial charge < -0.3 is 14.8 Å². The van der Waals surface area contributed by atoms with Crippen molar-refractivity contribution in [3.8, 4) is 0 Å². The molecule has 1 aromatic carbocycles. The number of nitrogens with zero attached hydrogens (tertiary/aromatic N) is 2. The Bertz CT molecular complexity index is 656. The number of fused-ring (bicyclic) bond motifs is 1. The molecule has 0 bridgehead atoms. The summed E-state index contributed by atoms with van der Waals surface area (Å²) in [5.74, 6) is 1.29. The first-order valence-corrected chi connectivity index (χ1v) is 5.87. The third-order valence-electron chi connectivity index (χ3n) is 2.80. The maximum atomic E-state index is 4.91. The van der Waals surface area contributed by atoms with Gasteiger partial charge in [-0.1, -0.05) is 11.2 Å². The molecule has 2 N–H and O–H groups in total. The van der Waals surface area contributed by atoms with E-state index in [1.165, 1.54) is 10.9 Å². The number of hydrogen-bond donors (Lipinski definition) is 2. The van der Waals surface area contributed by atoms with Crippen molar-refractivity contribution in [2.75, 3.05) is 0 Å². The summed E-state index contributed by atoms with van der Waals surface area (Å²) in [5, 5.41) is 8.35. The highest BCUT2D eigenvalue weighted by Crippen LogP contribution is 2.14. The van der Waals surface area contributed by atoms with Gasteiger partial charge >= 0.3 is 0 Å². The van der Waals surface area contributed by atoms with Crippen LogP contribution in [0.1, 0.15) is 17.3 Å². The third kappa shape index (κ3) is 2.26. The van der Waals surface area contributed by atoms with Gasteiger partial charge in [-0.25, -0.2) is 0 Å². The monoisotopic (exact) mass is 242 g/mol. The molecule has 5 heteroatoms. The first kappa shape index (κ1) is 11.0. The Morgan fingerprint density at radius 3 is 3.06 bits per heavy atom. The number of nitrogens with one attached hydrogen (secondary N) is 2.